The number of hydrogen-bond donors (Lipinski definition) is 1. The fourth-order valence-corrected chi connectivity index (χ4v) is 1.71. The van der Waals surface area contributed by atoms with Crippen molar-refractivity contribution in [3.05, 3.63) is 34.9 Å². The van der Waals surface area contributed by atoms with E-state index >= 15 is 0 Å². The predicted octanol–water partition coefficient (Wildman–Crippen LogP) is 2.68. The van der Waals surface area contributed by atoms with Gasteiger partial charge in [-0.25, -0.2) is 0 Å². The molecular formula is C11H15Cl2NO. The molecule has 84 valence electrons. The zero-order chi connectivity index (χ0) is 11.1. The van der Waals surface area contributed by atoms with Gasteiger partial charge in [-0.15, -0.1) is 11.6 Å². The zero-order valence-electron chi connectivity index (χ0n) is 8.67. The summed E-state index contributed by atoms with van der Waals surface area (Å²) in [6, 6.07) is 7.76. The number of methoxy groups -OCH3 is 1. The molecule has 1 unspecified atom stereocenters. The van der Waals surface area contributed by atoms with Crippen molar-refractivity contribution in [1.82, 2.24) is 5.32 Å². The molecule has 0 aliphatic carbocycles. The summed E-state index contributed by atoms with van der Waals surface area (Å²) in [5.74, 6) is 0. The molecule has 1 aromatic carbocycles. The second kappa shape index (κ2) is 7.07. The highest BCUT2D eigenvalue weighted by molar-refractivity contribution is 6.30. The molecule has 0 bridgehead atoms. The molecule has 0 saturated heterocycles. The number of halogens is 2. The van der Waals surface area contributed by atoms with E-state index in [0.717, 1.165) is 23.7 Å². The number of benzene rings is 1. The Labute approximate surface area is 101 Å². The molecule has 0 aliphatic rings. The van der Waals surface area contributed by atoms with Crippen molar-refractivity contribution in [1.29, 1.82) is 0 Å². The molecule has 1 aromatic rings. The van der Waals surface area contributed by atoms with Gasteiger partial charge in [0.05, 0.1) is 12.0 Å². The van der Waals surface area contributed by atoms with Gasteiger partial charge < -0.3 is 10.1 Å². The van der Waals surface area contributed by atoms with Crippen molar-refractivity contribution in [2.45, 2.75) is 11.9 Å². The Hall–Kier alpha value is -0.280. The summed E-state index contributed by atoms with van der Waals surface area (Å²) in [4.78, 5) is 0. The Morgan fingerprint density at radius 1 is 1.47 bits per heavy atom. The maximum Gasteiger partial charge on any atom is 0.0694 e. The molecule has 2 nitrogen and oxygen atoms in total. The van der Waals surface area contributed by atoms with Crippen molar-refractivity contribution < 1.29 is 4.74 Å². The first kappa shape index (κ1) is 12.8. The second-order valence-electron chi connectivity index (χ2n) is 3.31. The van der Waals surface area contributed by atoms with E-state index in [1.165, 1.54) is 0 Å². The van der Waals surface area contributed by atoms with Gasteiger partial charge in [0.2, 0.25) is 0 Å². The van der Waals surface area contributed by atoms with Crippen LogP contribution in [0.4, 0.5) is 0 Å². The molecule has 0 fully saturated rings. The first-order chi connectivity index (χ1) is 7.22. The lowest BCUT2D eigenvalue weighted by molar-refractivity contribution is 0.197. The number of nitrogens with one attached hydrogen (secondary N) is 1. The molecule has 0 aliphatic heterocycles. The van der Waals surface area contributed by atoms with E-state index in [-0.39, 0.29) is 5.38 Å². The lowest BCUT2D eigenvalue weighted by atomic mass is 10.2. The van der Waals surface area contributed by atoms with Crippen LogP contribution in [0.1, 0.15) is 5.56 Å². The average Bonchev–Trinajstić information content (AvgIpc) is 2.18. The van der Waals surface area contributed by atoms with Gasteiger partial charge >= 0.3 is 0 Å². The first-order valence-corrected chi connectivity index (χ1v) is 5.62. The third-order valence-corrected chi connectivity index (χ3v) is 2.45. The molecule has 0 saturated carbocycles. The van der Waals surface area contributed by atoms with Crippen LogP contribution in [0.15, 0.2) is 24.3 Å². The van der Waals surface area contributed by atoms with Crippen molar-refractivity contribution >= 4 is 23.2 Å². The van der Waals surface area contributed by atoms with Crippen LogP contribution < -0.4 is 5.32 Å². The summed E-state index contributed by atoms with van der Waals surface area (Å²) in [5.41, 5.74) is 1.16. The van der Waals surface area contributed by atoms with Gasteiger partial charge in [0.15, 0.2) is 0 Å². The van der Waals surface area contributed by atoms with Gasteiger partial charge in [-0.2, -0.15) is 0 Å². The Balaban J connectivity index is 2.25. The highest BCUT2D eigenvalue weighted by atomic mass is 35.5. The predicted molar refractivity (Wildman–Crippen MR) is 64.7 cm³/mol. The van der Waals surface area contributed by atoms with Gasteiger partial charge in [0, 0.05) is 25.2 Å². The van der Waals surface area contributed by atoms with Gasteiger partial charge in [-0.3, -0.25) is 0 Å². The Kier molecular flexibility index (Phi) is 6.03. The molecule has 0 amide bonds. The maximum absolute atomic E-state index is 5.96. The fourth-order valence-electron chi connectivity index (χ4n) is 1.26. The van der Waals surface area contributed by atoms with E-state index in [4.69, 9.17) is 27.9 Å². The number of ether oxygens (including phenoxy) is 1. The van der Waals surface area contributed by atoms with E-state index in [1.54, 1.807) is 7.11 Å². The van der Waals surface area contributed by atoms with Crippen molar-refractivity contribution in [2.24, 2.45) is 0 Å². The van der Waals surface area contributed by atoms with Crippen molar-refractivity contribution in [3.8, 4) is 0 Å². The van der Waals surface area contributed by atoms with Crippen LogP contribution in [0.25, 0.3) is 0 Å². The average molecular weight is 248 g/mol. The molecule has 0 spiro atoms. The molecule has 0 heterocycles. The Bertz CT molecular complexity index is 294. The Morgan fingerprint density at radius 2 is 2.27 bits per heavy atom. The quantitative estimate of drug-likeness (QED) is 0.781. The summed E-state index contributed by atoms with van der Waals surface area (Å²) in [6.07, 6.45) is 0. The minimum absolute atomic E-state index is 0.00850. The zero-order valence-corrected chi connectivity index (χ0v) is 10.2. The highest BCUT2D eigenvalue weighted by Crippen LogP contribution is 2.10. The van der Waals surface area contributed by atoms with Crippen molar-refractivity contribution in [3.63, 3.8) is 0 Å². The molecular weight excluding hydrogens is 233 g/mol. The minimum atomic E-state index is 0.00850. The summed E-state index contributed by atoms with van der Waals surface area (Å²) in [7, 11) is 1.65. The lowest BCUT2D eigenvalue weighted by Gasteiger charge is -2.09. The van der Waals surface area contributed by atoms with E-state index in [2.05, 4.69) is 5.32 Å². The molecule has 1 atom stereocenters. The van der Waals surface area contributed by atoms with Crippen LogP contribution in [0.5, 0.6) is 0 Å². The number of hydrogen-bond acceptors (Lipinski definition) is 2. The Morgan fingerprint density at radius 3 is 2.93 bits per heavy atom. The molecule has 15 heavy (non-hydrogen) atoms. The standard InChI is InChI=1S/C11H15Cl2NO/c1-15-8-11(13)7-14-6-9-3-2-4-10(12)5-9/h2-5,11,14H,6-8H2,1H3. The fraction of sp³-hybridized carbons (Fsp3) is 0.455. The summed E-state index contributed by atoms with van der Waals surface area (Å²) >= 11 is 11.8. The van der Waals surface area contributed by atoms with E-state index < -0.39 is 0 Å². The highest BCUT2D eigenvalue weighted by Gasteiger charge is 2.02. The monoisotopic (exact) mass is 247 g/mol. The number of rotatable bonds is 6. The third-order valence-electron chi connectivity index (χ3n) is 1.93. The van der Waals surface area contributed by atoms with Crippen LogP contribution in [-0.4, -0.2) is 25.6 Å². The van der Waals surface area contributed by atoms with Crippen LogP contribution >= 0.6 is 23.2 Å². The molecule has 0 radical (unpaired) electrons. The normalized spacial score (nSPS) is 12.7. The maximum atomic E-state index is 5.96. The van der Waals surface area contributed by atoms with E-state index in [1.807, 2.05) is 24.3 Å². The molecule has 1 N–H and O–H groups in total. The topological polar surface area (TPSA) is 21.3 Å². The molecule has 1 rings (SSSR count). The minimum Gasteiger partial charge on any atom is -0.383 e. The van der Waals surface area contributed by atoms with Crippen LogP contribution in [-0.2, 0) is 11.3 Å². The lowest BCUT2D eigenvalue weighted by Crippen LogP contribution is -2.25. The number of alkyl halides is 1. The van der Waals surface area contributed by atoms with Crippen LogP contribution in [0.2, 0.25) is 5.02 Å². The molecule has 4 heteroatoms. The van der Waals surface area contributed by atoms with E-state index in [9.17, 15) is 0 Å². The van der Waals surface area contributed by atoms with Crippen molar-refractivity contribution in [2.75, 3.05) is 20.3 Å². The van der Waals surface area contributed by atoms with Gasteiger partial charge in [-0.05, 0) is 17.7 Å². The summed E-state index contributed by atoms with van der Waals surface area (Å²) in [5, 5.41) is 4.01. The first-order valence-electron chi connectivity index (χ1n) is 4.80. The summed E-state index contributed by atoms with van der Waals surface area (Å²) < 4.78 is 4.93. The largest absolute Gasteiger partial charge is 0.383 e. The van der Waals surface area contributed by atoms with Crippen LogP contribution in [0.3, 0.4) is 0 Å². The van der Waals surface area contributed by atoms with Gasteiger partial charge in [0.25, 0.3) is 0 Å². The van der Waals surface area contributed by atoms with E-state index in [0.29, 0.717) is 6.61 Å². The second-order valence-corrected chi connectivity index (χ2v) is 4.37. The third kappa shape index (κ3) is 5.38. The van der Waals surface area contributed by atoms with Gasteiger partial charge in [0.1, 0.15) is 0 Å². The molecule has 0 aromatic heterocycles. The summed E-state index contributed by atoms with van der Waals surface area (Å²) in [6.45, 7) is 2.06. The SMILES string of the molecule is COCC(Cl)CNCc1cccc(Cl)c1. The smallest absolute Gasteiger partial charge is 0.0694 e. The van der Waals surface area contributed by atoms with Crippen LogP contribution in [0, 0.1) is 0 Å². The van der Waals surface area contributed by atoms with Gasteiger partial charge in [-0.1, -0.05) is 23.7 Å².